The molecule has 0 spiro atoms. The Morgan fingerprint density at radius 2 is 2.00 bits per heavy atom. The molecule has 0 aliphatic rings. The van der Waals surface area contributed by atoms with Crippen LogP contribution in [0.15, 0.2) is 47.4 Å². The van der Waals surface area contributed by atoms with Crippen LogP contribution < -0.4 is 5.56 Å². The minimum absolute atomic E-state index is 0.0574. The number of hydrogen-bond donors (Lipinski definition) is 0. The number of aromatic nitrogens is 3. The molecule has 0 aliphatic carbocycles. The lowest BCUT2D eigenvalue weighted by Crippen LogP contribution is -2.19. The molecule has 100 valence electrons. The Morgan fingerprint density at radius 3 is 2.70 bits per heavy atom. The molecule has 0 amide bonds. The van der Waals surface area contributed by atoms with Crippen molar-refractivity contribution in [2.24, 2.45) is 7.05 Å². The number of fused-ring (bicyclic) bond motifs is 1. The van der Waals surface area contributed by atoms with Crippen molar-refractivity contribution in [2.75, 3.05) is 0 Å². The van der Waals surface area contributed by atoms with Gasteiger partial charge in [-0.1, -0.05) is 12.1 Å². The number of nitrogens with zero attached hydrogens (tertiary/aromatic N) is 3. The van der Waals surface area contributed by atoms with E-state index in [0.717, 1.165) is 28.4 Å². The van der Waals surface area contributed by atoms with Gasteiger partial charge in [0.05, 0.1) is 17.8 Å². The van der Waals surface area contributed by atoms with Crippen molar-refractivity contribution >= 4 is 17.2 Å². The van der Waals surface area contributed by atoms with Crippen molar-refractivity contribution in [3.8, 4) is 11.3 Å². The van der Waals surface area contributed by atoms with Crippen LogP contribution in [0.3, 0.4) is 0 Å². The Kier molecular flexibility index (Phi) is 2.95. The summed E-state index contributed by atoms with van der Waals surface area (Å²) in [6.07, 6.45) is 2.59. The van der Waals surface area contributed by atoms with Gasteiger partial charge in [0.25, 0.3) is 5.56 Å². The fraction of sp³-hybridized carbons (Fsp3) is 0.133. The van der Waals surface area contributed by atoms with Gasteiger partial charge in [0, 0.05) is 24.9 Å². The van der Waals surface area contributed by atoms with Crippen LogP contribution in [0, 0.1) is 0 Å². The molecule has 5 heteroatoms. The summed E-state index contributed by atoms with van der Waals surface area (Å²) in [7, 11) is 1.85. The minimum atomic E-state index is -0.178. The van der Waals surface area contributed by atoms with E-state index in [4.69, 9.17) is 0 Å². The van der Waals surface area contributed by atoms with Crippen LogP contribution in [0.2, 0.25) is 0 Å². The zero-order chi connectivity index (χ0) is 14.1. The predicted octanol–water partition coefficient (Wildman–Crippen LogP) is 1.60. The first-order valence-electron chi connectivity index (χ1n) is 6.26. The predicted molar refractivity (Wildman–Crippen MR) is 76.5 cm³/mol. The lowest BCUT2D eigenvalue weighted by Gasteiger charge is -2.08. The number of aryl methyl sites for hydroxylation is 1. The van der Waals surface area contributed by atoms with Gasteiger partial charge in [-0.05, 0) is 23.6 Å². The standard InChI is InChI=1S/C15H13N3O2/c1-17-7-6-13(16-17)12-3-2-11-4-5-15(20)18(8-9-19)14(11)10-12/h2-7,9-10H,8H2,1H3. The van der Waals surface area contributed by atoms with E-state index >= 15 is 0 Å². The second-order valence-corrected chi connectivity index (χ2v) is 4.60. The molecule has 5 nitrogen and oxygen atoms in total. The van der Waals surface area contributed by atoms with Crippen molar-refractivity contribution in [1.29, 1.82) is 0 Å². The Bertz CT molecular complexity index is 846. The van der Waals surface area contributed by atoms with Gasteiger partial charge in [0.2, 0.25) is 0 Å². The molecule has 2 aromatic heterocycles. The molecule has 0 fully saturated rings. The van der Waals surface area contributed by atoms with Crippen LogP contribution in [0.4, 0.5) is 0 Å². The summed E-state index contributed by atoms with van der Waals surface area (Å²) in [6.45, 7) is 0.0574. The number of benzene rings is 1. The number of pyridine rings is 1. The molecule has 0 saturated carbocycles. The van der Waals surface area contributed by atoms with Gasteiger partial charge in [0.1, 0.15) is 6.29 Å². The van der Waals surface area contributed by atoms with E-state index in [0.29, 0.717) is 0 Å². The highest BCUT2D eigenvalue weighted by Gasteiger charge is 2.06. The highest BCUT2D eigenvalue weighted by molar-refractivity contribution is 5.84. The van der Waals surface area contributed by atoms with Crippen LogP contribution in [0.25, 0.3) is 22.2 Å². The Labute approximate surface area is 115 Å². The first kappa shape index (κ1) is 12.3. The Hall–Kier alpha value is -2.69. The van der Waals surface area contributed by atoms with Crippen LogP contribution in [0.1, 0.15) is 0 Å². The summed E-state index contributed by atoms with van der Waals surface area (Å²) < 4.78 is 3.19. The fourth-order valence-electron chi connectivity index (χ4n) is 2.28. The summed E-state index contributed by atoms with van der Waals surface area (Å²) >= 11 is 0. The topological polar surface area (TPSA) is 56.9 Å². The van der Waals surface area contributed by atoms with E-state index in [1.165, 1.54) is 10.6 Å². The average molecular weight is 267 g/mol. The molecular formula is C15H13N3O2. The molecule has 0 atom stereocenters. The third kappa shape index (κ3) is 2.03. The van der Waals surface area contributed by atoms with Crippen molar-refractivity contribution < 1.29 is 4.79 Å². The molecule has 0 radical (unpaired) electrons. The van der Waals surface area contributed by atoms with Gasteiger partial charge in [-0.25, -0.2) is 0 Å². The maximum atomic E-state index is 11.9. The van der Waals surface area contributed by atoms with E-state index in [-0.39, 0.29) is 12.1 Å². The van der Waals surface area contributed by atoms with Crippen LogP contribution in [-0.4, -0.2) is 20.6 Å². The second-order valence-electron chi connectivity index (χ2n) is 4.60. The summed E-state index contributed by atoms with van der Waals surface area (Å²) in [5.74, 6) is 0. The van der Waals surface area contributed by atoms with Gasteiger partial charge < -0.3 is 9.36 Å². The van der Waals surface area contributed by atoms with E-state index in [1.54, 1.807) is 10.7 Å². The van der Waals surface area contributed by atoms with E-state index in [2.05, 4.69) is 5.10 Å². The van der Waals surface area contributed by atoms with E-state index < -0.39 is 0 Å². The lowest BCUT2D eigenvalue weighted by atomic mass is 10.1. The van der Waals surface area contributed by atoms with Gasteiger partial charge in [-0.2, -0.15) is 5.10 Å². The summed E-state index contributed by atoms with van der Waals surface area (Å²) in [4.78, 5) is 22.6. The number of hydrogen-bond acceptors (Lipinski definition) is 3. The van der Waals surface area contributed by atoms with Gasteiger partial charge in [0.15, 0.2) is 0 Å². The Morgan fingerprint density at radius 1 is 1.20 bits per heavy atom. The first-order valence-corrected chi connectivity index (χ1v) is 6.26. The first-order chi connectivity index (χ1) is 9.69. The van der Waals surface area contributed by atoms with Crippen molar-refractivity contribution in [1.82, 2.24) is 14.3 Å². The number of rotatable bonds is 3. The van der Waals surface area contributed by atoms with Crippen LogP contribution in [-0.2, 0) is 18.4 Å². The largest absolute Gasteiger partial charge is 0.301 e. The van der Waals surface area contributed by atoms with Crippen LogP contribution >= 0.6 is 0 Å². The van der Waals surface area contributed by atoms with Gasteiger partial charge in [-0.15, -0.1) is 0 Å². The third-order valence-electron chi connectivity index (χ3n) is 3.26. The molecule has 2 heterocycles. The molecule has 3 rings (SSSR count). The quantitative estimate of drug-likeness (QED) is 0.677. The van der Waals surface area contributed by atoms with Crippen molar-refractivity contribution in [2.45, 2.75) is 6.54 Å². The average Bonchev–Trinajstić information content (AvgIpc) is 2.88. The normalized spacial score (nSPS) is 10.8. The van der Waals surface area contributed by atoms with Crippen molar-refractivity contribution in [3.63, 3.8) is 0 Å². The summed E-state index contributed by atoms with van der Waals surface area (Å²) in [5.41, 5.74) is 2.32. The number of aldehydes is 1. The monoisotopic (exact) mass is 267 g/mol. The molecular weight excluding hydrogens is 254 g/mol. The van der Waals surface area contributed by atoms with Gasteiger partial charge in [-0.3, -0.25) is 9.48 Å². The zero-order valence-corrected chi connectivity index (χ0v) is 11.0. The van der Waals surface area contributed by atoms with E-state index in [9.17, 15) is 9.59 Å². The zero-order valence-electron chi connectivity index (χ0n) is 11.0. The molecule has 0 unspecified atom stereocenters. The third-order valence-corrected chi connectivity index (χ3v) is 3.26. The smallest absolute Gasteiger partial charge is 0.251 e. The van der Waals surface area contributed by atoms with Crippen LogP contribution in [0.5, 0.6) is 0 Å². The minimum Gasteiger partial charge on any atom is -0.301 e. The Balaban J connectivity index is 2.25. The van der Waals surface area contributed by atoms with Crippen molar-refractivity contribution in [3.05, 3.63) is 52.9 Å². The molecule has 3 aromatic rings. The highest BCUT2D eigenvalue weighted by atomic mass is 16.1. The number of carbonyl (C=O) groups is 1. The molecule has 0 saturated heterocycles. The molecule has 0 bridgehead atoms. The highest BCUT2D eigenvalue weighted by Crippen LogP contribution is 2.22. The van der Waals surface area contributed by atoms with E-state index in [1.807, 2.05) is 37.5 Å². The fourth-order valence-corrected chi connectivity index (χ4v) is 2.28. The molecule has 0 aliphatic heterocycles. The summed E-state index contributed by atoms with van der Waals surface area (Å²) in [5, 5.41) is 5.27. The molecule has 0 N–H and O–H groups in total. The maximum absolute atomic E-state index is 11.9. The molecule has 20 heavy (non-hydrogen) atoms. The summed E-state index contributed by atoms with van der Waals surface area (Å²) in [6, 6.07) is 10.9. The second kappa shape index (κ2) is 4.77. The van der Waals surface area contributed by atoms with Gasteiger partial charge >= 0.3 is 0 Å². The number of carbonyl (C=O) groups excluding carboxylic acids is 1. The lowest BCUT2D eigenvalue weighted by molar-refractivity contribution is -0.108. The molecule has 1 aromatic carbocycles. The maximum Gasteiger partial charge on any atom is 0.251 e. The SMILES string of the molecule is Cn1ccc(-c2ccc3ccc(=O)n(CC=O)c3c2)n1.